The van der Waals surface area contributed by atoms with Crippen molar-refractivity contribution in [3.05, 3.63) is 0 Å². The monoisotopic (exact) mass is 299 g/mol. The summed E-state index contributed by atoms with van der Waals surface area (Å²) in [5.74, 6) is -0.789. The average Bonchev–Trinajstić information content (AvgIpc) is 2.44. The highest BCUT2D eigenvalue weighted by molar-refractivity contribution is 5.78. The van der Waals surface area contributed by atoms with Crippen LogP contribution in [0.1, 0.15) is 45.4 Å². The summed E-state index contributed by atoms with van der Waals surface area (Å²) in [6.07, 6.45) is 5.11. The number of urea groups is 1. The van der Waals surface area contributed by atoms with E-state index in [-0.39, 0.29) is 18.6 Å². The van der Waals surface area contributed by atoms with Gasteiger partial charge in [-0.05, 0) is 46.8 Å². The van der Waals surface area contributed by atoms with Crippen LogP contribution in [0.4, 0.5) is 4.79 Å². The molecule has 1 fully saturated rings. The lowest BCUT2D eigenvalue weighted by atomic mass is 9.74. The Hall–Kier alpha value is -1.30. The summed E-state index contributed by atoms with van der Waals surface area (Å²) >= 11 is 0. The number of carboxylic acid groups (broad SMARTS) is 1. The van der Waals surface area contributed by atoms with Crippen LogP contribution in [-0.4, -0.2) is 55.2 Å². The summed E-state index contributed by atoms with van der Waals surface area (Å²) in [7, 11) is 3.99. The third-order valence-corrected chi connectivity index (χ3v) is 4.24. The third-order valence-electron chi connectivity index (χ3n) is 4.24. The molecule has 0 bridgehead atoms. The molecule has 3 N–H and O–H groups in total. The van der Waals surface area contributed by atoms with Crippen LogP contribution in [-0.2, 0) is 4.79 Å². The maximum absolute atomic E-state index is 11.9. The molecule has 6 nitrogen and oxygen atoms in total. The van der Waals surface area contributed by atoms with Gasteiger partial charge >= 0.3 is 12.0 Å². The highest BCUT2D eigenvalue weighted by Gasteiger charge is 2.39. The van der Waals surface area contributed by atoms with Crippen molar-refractivity contribution in [3.8, 4) is 0 Å². The molecule has 0 spiro atoms. The number of hydrogen-bond donors (Lipinski definition) is 3. The molecule has 0 saturated heterocycles. The maximum atomic E-state index is 11.9. The molecule has 1 rings (SSSR count). The van der Waals surface area contributed by atoms with Gasteiger partial charge in [0.2, 0.25) is 0 Å². The zero-order valence-corrected chi connectivity index (χ0v) is 13.4. The Morgan fingerprint density at radius 2 is 1.86 bits per heavy atom. The zero-order chi connectivity index (χ0) is 15.9. The summed E-state index contributed by atoms with van der Waals surface area (Å²) in [6, 6.07) is -0.202. The molecule has 1 atom stereocenters. The molecular formula is C15H29N3O3. The smallest absolute Gasteiger partial charge is 0.315 e. The highest BCUT2D eigenvalue weighted by atomic mass is 16.4. The van der Waals surface area contributed by atoms with E-state index in [1.165, 1.54) is 0 Å². The van der Waals surface area contributed by atoms with E-state index in [1.807, 2.05) is 21.0 Å². The van der Waals surface area contributed by atoms with Crippen LogP contribution in [0, 0.1) is 5.41 Å². The Kier molecular flexibility index (Phi) is 6.95. The first-order chi connectivity index (χ1) is 9.85. The first-order valence-corrected chi connectivity index (χ1v) is 7.78. The predicted octanol–water partition coefficient (Wildman–Crippen LogP) is 1.66. The molecule has 122 valence electrons. The lowest BCUT2D eigenvalue weighted by Gasteiger charge is -2.33. The van der Waals surface area contributed by atoms with Crippen LogP contribution < -0.4 is 10.6 Å². The van der Waals surface area contributed by atoms with E-state index in [0.29, 0.717) is 12.8 Å². The number of hydrogen-bond acceptors (Lipinski definition) is 3. The zero-order valence-electron chi connectivity index (χ0n) is 13.4. The molecule has 0 heterocycles. The van der Waals surface area contributed by atoms with Gasteiger partial charge in [0.15, 0.2) is 0 Å². The molecule has 0 radical (unpaired) electrons. The van der Waals surface area contributed by atoms with E-state index in [9.17, 15) is 14.7 Å². The van der Waals surface area contributed by atoms with Gasteiger partial charge in [0.1, 0.15) is 0 Å². The standard InChI is InChI=1S/C15H29N3O3/c1-12(7-10-18(2)3)17-14(21)16-11-15(13(19)20)8-5-4-6-9-15/h12H,4-11H2,1-3H3,(H,19,20)(H2,16,17,21). The number of aliphatic carboxylic acids is 1. The lowest BCUT2D eigenvalue weighted by Crippen LogP contribution is -2.49. The van der Waals surface area contributed by atoms with Crippen LogP contribution >= 0.6 is 0 Å². The van der Waals surface area contributed by atoms with Gasteiger partial charge in [-0.3, -0.25) is 4.79 Å². The van der Waals surface area contributed by atoms with E-state index >= 15 is 0 Å². The normalized spacial score (nSPS) is 19.0. The summed E-state index contributed by atoms with van der Waals surface area (Å²) in [4.78, 5) is 25.5. The number of amides is 2. The van der Waals surface area contributed by atoms with Crippen molar-refractivity contribution in [1.29, 1.82) is 0 Å². The molecular weight excluding hydrogens is 270 g/mol. The molecule has 0 aromatic rings. The molecule has 1 saturated carbocycles. The molecule has 0 aromatic heterocycles. The maximum Gasteiger partial charge on any atom is 0.315 e. The number of nitrogens with one attached hydrogen (secondary N) is 2. The molecule has 1 unspecified atom stereocenters. The van der Waals surface area contributed by atoms with Crippen LogP contribution in [0.15, 0.2) is 0 Å². The van der Waals surface area contributed by atoms with Crippen LogP contribution in [0.2, 0.25) is 0 Å². The van der Waals surface area contributed by atoms with E-state index in [1.54, 1.807) is 0 Å². The molecule has 0 aliphatic heterocycles. The van der Waals surface area contributed by atoms with E-state index in [2.05, 4.69) is 15.5 Å². The number of carbonyl (C=O) groups excluding carboxylic acids is 1. The van der Waals surface area contributed by atoms with Crippen molar-refractivity contribution in [2.45, 2.75) is 51.5 Å². The first kappa shape index (κ1) is 17.8. The molecule has 21 heavy (non-hydrogen) atoms. The minimum absolute atomic E-state index is 0.0690. The van der Waals surface area contributed by atoms with Crippen molar-refractivity contribution >= 4 is 12.0 Å². The minimum atomic E-state index is -0.789. The predicted molar refractivity (Wildman–Crippen MR) is 82.3 cm³/mol. The Morgan fingerprint density at radius 3 is 2.38 bits per heavy atom. The van der Waals surface area contributed by atoms with Gasteiger partial charge in [0.25, 0.3) is 0 Å². The Bertz CT molecular complexity index is 352. The van der Waals surface area contributed by atoms with Crippen molar-refractivity contribution < 1.29 is 14.7 Å². The Morgan fingerprint density at radius 1 is 1.24 bits per heavy atom. The van der Waals surface area contributed by atoms with Gasteiger partial charge in [-0.2, -0.15) is 0 Å². The van der Waals surface area contributed by atoms with Crippen molar-refractivity contribution in [2.75, 3.05) is 27.2 Å². The summed E-state index contributed by atoms with van der Waals surface area (Å²) in [5.41, 5.74) is -0.775. The molecule has 2 amide bonds. The molecule has 0 aromatic carbocycles. The first-order valence-electron chi connectivity index (χ1n) is 7.78. The van der Waals surface area contributed by atoms with Crippen LogP contribution in [0.25, 0.3) is 0 Å². The van der Waals surface area contributed by atoms with Gasteiger partial charge < -0.3 is 20.6 Å². The second-order valence-electron chi connectivity index (χ2n) is 6.47. The number of rotatable bonds is 7. The molecule has 6 heteroatoms. The second-order valence-corrected chi connectivity index (χ2v) is 6.47. The molecule has 1 aliphatic carbocycles. The Labute approximate surface area is 127 Å². The molecule has 1 aliphatic rings. The summed E-state index contributed by atoms with van der Waals surface area (Å²) in [6.45, 7) is 3.08. The van der Waals surface area contributed by atoms with Crippen LogP contribution in [0.5, 0.6) is 0 Å². The van der Waals surface area contributed by atoms with Gasteiger partial charge in [-0.25, -0.2) is 4.79 Å². The van der Waals surface area contributed by atoms with Gasteiger partial charge in [-0.1, -0.05) is 19.3 Å². The van der Waals surface area contributed by atoms with Crippen molar-refractivity contribution in [3.63, 3.8) is 0 Å². The van der Waals surface area contributed by atoms with Gasteiger partial charge in [-0.15, -0.1) is 0 Å². The summed E-state index contributed by atoms with van der Waals surface area (Å²) < 4.78 is 0. The summed E-state index contributed by atoms with van der Waals surface area (Å²) in [5, 5.41) is 15.1. The topological polar surface area (TPSA) is 81.7 Å². The van der Waals surface area contributed by atoms with Gasteiger partial charge in [0, 0.05) is 12.6 Å². The van der Waals surface area contributed by atoms with Gasteiger partial charge in [0.05, 0.1) is 5.41 Å². The fourth-order valence-electron chi connectivity index (χ4n) is 2.74. The number of carbonyl (C=O) groups is 2. The van der Waals surface area contributed by atoms with Crippen LogP contribution in [0.3, 0.4) is 0 Å². The van der Waals surface area contributed by atoms with Crippen molar-refractivity contribution in [1.82, 2.24) is 15.5 Å². The largest absolute Gasteiger partial charge is 0.481 e. The number of carboxylic acids is 1. The van der Waals surface area contributed by atoms with E-state index in [4.69, 9.17) is 0 Å². The number of nitrogens with zero attached hydrogens (tertiary/aromatic N) is 1. The lowest BCUT2D eigenvalue weighted by molar-refractivity contribution is -0.150. The van der Waals surface area contributed by atoms with E-state index < -0.39 is 11.4 Å². The second kappa shape index (κ2) is 8.22. The Balaban J connectivity index is 2.38. The quantitative estimate of drug-likeness (QED) is 0.668. The minimum Gasteiger partial charge on any atom is -0.481 e. The third kappa shape index (κ3) is 5.91. The fraction of sp³-hybridized carbons (Fsp3) is 0.867. The van der Waals surface area contributed by atoms with E-state index in [0.717, 1.165) is 32.2 Å². The highest BCUT2D eigenvalue weighted by Crippen LogP contribution is 2.35. The SMILES string of the molecule is CC(CCN(C)C)NC(=O)NCC1(C(=O)O)CCCCC1. The van der Waals surface area contributed by atoms with Crippen molar-refractivity contribution in [2.24, 2.45) is 5.41 Å². The fourth-order valence-corrected chi connectivity index (χ4v) is 2.74. The average molecular weight is 299 g/mol.